The molecule has 0 aromatic heterocycles. The van der Waals surface area contributed by atoms with Gasteiger partial charge in [0.15, 0.2) is 20.2 Å². The average molecular weight is 378 g/mol. The van der Waals surface area contributed by atoms with Crippen molar-refractivity contribution in [2.24, 2.45) is 0 Å². The van der Waals surface area contributed by atoms with Gasteiger partial charge in [-0.1, -0.05) is 20.8 Å². The molecule has 1 fully saturated rings. The van der Waals surface area contributed by atoms with E-state index in [-0.39, 0.29) is 12.0 Å². The van der Waals surface area contributed by atoms with Gasteiger partial charge in [-0.2, -0.15) is 0 Å². The van der Waals surface area contributed by atoms with Gasteiger partial charge in [-0.05, 0) is 32.0 Å². The van der Waals surface area contributed by atoms with Crippen LogP contribution in [0.1, 0.15) is 34.6 Å². The van der Waals surface area contributed by atoms with Crippen molar-refractivity contribution in [3.63, 3.8) is 0 Å². The van der Waals surface area contributed by atoms with Crippen LogP contribution < -0.4 is 0 Å². The van der Waals surface area contributed by atoms with Crippen LogP contribution in [0.15, 0.2) is 0 Å². The lowest BCUT2D eigenvalue weighted by atomic mass is 10.1. The third-order valence-electron chi connectivity index (χ3n) is 5.10. The Kier molecular flexibility index (Phi) is 8.50. The van der Waals surface area contributed by atoms with E-state index in [2.05, 4.69) is 20.8 Å². The highest BCUT2D eigenvalue weighted by molar-refractivity contribution is 6.73. The van der Waals surface area contributed by atoms with Crippen LogP contribution >= 0.6 is 0 Å². The van der Waals surface area contributed by atoms with Crippen LogP contribution in [0.25, 0.3) is 0 Å². The number of hydrogen-bond donors (Lipinski definition) is 0. The van der Waals surface area contributed by atoms with Crippen molar-refractivity contribution in [1.29, 1.82) is 0 Å². The molecule has 1 aliphatic heterocycles. The van der Waals surface area contributed by atoms with Crippen LogP contribution in [0.5, 0.6) is 0 Å². The van der Waals surface area contributed by atoms with Gasteiger partial charge in [-0.15, -0.1) is 0 Å². The van der Waals surface area contributed by atoms with Crippen LogP contribution in [0.3, 0.4) is 0 Å². The fourth-order valence-corrected chi connectivity index (χ4v) is 5.98. The summed E-state index contributed by atoms with van der Waals surface area (Å²) in [6.45, 7) is 10.5. The van der Waals surface area contributed by atoms with Crippen LogP contribution in [0.2, 0.25) is 18.1 Å². The van der Waals surface area contributed by atoms with Crippen LogP contribution in [-0.4, -0.2) is 71.3 Å². The minimum Gasteiger partial charge on any atom is -0.409 e. The topological polar surface area (TPSA) is 66.5 Å². The van der Waals surface area contributed by atoms with Crippen molar-refractivity contribution in [3.05, 3.63) is 0 Å². The first-order valence-corrected chi connectivity index (χ1v) is 11.6. The summed E-state index contributed by atoms with van der Waals surface area (Å²) >= 11 is 0. The van der Waals surface area contributed by atoms with Gasteiger partial charge in [0.2, 0.25) is 0 Å². The number of rotatable bonds is 9. The van der Waals surface area contributed by atoms with E-state index < -0.39 is 26.3 Å². The third-order valence-corrected chi connectivity index (χ3v) is 9.76. The van der Waals surface area contributed by atoms with E-state index in [9.17, 15) is 4.79 Å². The molecule has 0 aromatic rings. The fourth-order valence-electron chi connectivity index (χ4n) is 3.14. The second-order valence-corrected chi connectivity index (χ2v) is 11.6. The molecule has 0 spiro atoms. The Balaban J connectivity index is 3.10. The van der Waals surface area contributed by atoms with Gasteiger partial charge in [0.1, 0.15) is 6.10 Å². The number of carbonyl (C=O) groups is 1. The molecule has 0 bridgehead atoms. The Morgan fingerprint density at radius 2 is 1.80 bits per heavy atom. The molecule has 3 atom stereocenters. The van der Waals surface area contributed by atoms with Crippen molar-refractivity contribution in [1.82, 2.24) is 5.06 Å². The molecular weight excluding hydrogens is 342 g/mol. The summed E-state index contributed by atoms with van der Waals surface area (Å²) in [5.41, 5.74) is 0. The zero-order valence-electron chi connectivity index (χ0n) is 17.0. The molecular formula is C17H35NO6Si. The maximum Gasteiger partial charge on any atom is 0.277 e. The minimum atomic E-state index is -1.89. The van der Waals surface area contributed by atoms with Gasteiger partial charge in [0, 0.05) is 14.2 Å². The first kappa shape index (κ1) is 22.5. The van der Waals surface area contributed by atoms with E-state index in [1.807, 2.05) is 13.8 Å². The molecule has 1 aliphatic rings. The molecule has 1 amide bonds. The molecule has 0 unspecified atom stereocenters. The van der Waals surface area contributed by atoms with Crippen LogP contribution in [0.4, 0.5) is 0 Å². The lowest BCUT2D eigenvalue weighted by Gasteiger charge is -2.46. The number of ether oxygens (including phenoxy) is 3. The molecule has 7 nitrogen and oxygen atoms in total. The van der Waals surface area contributed by atoms with Gasteiger partial charge in [0.05, 0.1) is 19.8 Å². The van der Waals surface area contributed by atoms with Crippen molar-refractivity contribution in [2.45, 2.75) is 76.8 Å². The monoisotopic (exact) mass is 377 g/mol. The van der Waals surface area contributed by atoms with Crippen LogP contribution in [0, 0.1) is 0 Å². The second-order valence-electron chi connectivity index (χ2n) is 6.87. The lowest BCUT2D eigenvalue weighted by molar-refractivity contribution is -0.316. The normalized spacial score (nSPS) is 24.8. The summed E-state index contributed by atoms with van der Waals surface area (Å²) in [6, 6.07) is 3.03. The first-order chi connectivity index (χ1) is 11.7. The average Bonchev–Trinajstić information content (AvgIpc) is 2.61. The minimum absolute atomic E-state index is 0.307. The summed E-state index contributed by atoms with van der Waals surface area (Å²) in [4.78, 5) is 17.7. The Morgan fingerprint density at radius 3 is 2.24 bits per heavy atom. The molecule has 1 saturated heterocycles. The maximum atomic E-state index is 12.6. The summed E-state index contributed by atoms with van der Waals surface area (Å²) in [6.07, 6.45) is -1.73. The lowest BCUT2D eigenvalue weighted by Crippen LogP contribution is -2.60. The largest absolute Gasteiger partial charge is 0.409 e. The molecule has 0 radical (unpaired) electrons. The van der Waals surface area contributed by atoms with E-state index in [1.165, 1.54) is 14.2 Å². The third kappa shape index (κ3) is 5.48. The molecule has 1 heterocycles. The highest BCUT2D eigenvalue weighted by atomic mass is 28.4. The number of hydrogen-bond acceptors (Lipinski definition) is 6. The van der Waals surface area contributed by atoms with Crippen molar-refractivity contribution < 1.29 is 28.3 Å². The predicted molar refractivity (Wildman–Crippen MR) is 97.6 cm³/mol. The number of likely N-dealkylation sites (N-methyl/N-ethyl adjacent to an activating group) is 1. The Hall–Kier alpha value is -0.513. The number of methoxy groups -OCH3 is 1. The number of carbonyl (C=O) groups excluding carboxylic acids is 1. The Morgan fingerprint density at radius 1 is 1.24 bits per heavy atom. The second kappa shape index (κ2) is 9.43. The zero-order valence-corrected chi connectivity index (χ0v) is 18.0. The van der Waals surface area contributed by atoms with E-state index in [1.54, 1.807) is 7.05 Å². The van der Waals surface area contributed by atoms with Gasteiger partial charge >= 0.3 is 0 Å². The molecule has 25 heavy (non-hydrogen) atoms. The quantitative estimate of drug-likeness (QED) is 0.454. The number of nitrogens with zero attached hydrogens (tertiary/aromatic N) is 1. The highest BCUT2D eigenvalue weighted by Crippen LogP contribution is 2.32. The van der Waals surface area contributed by atoms with E-state index in [4.69, 9.17) is 23.5 Å². The molecule has 0 N–H and O–H groups in total. The predicted octanol–water partition coefficient (Wildman–Crippen LogP) is 2.56. The van der Waals surface area contributed by atoms with Gasteiger partial charge in [-0.25, -0.2) is 5.06 Å². The summed E-state index contributed by atoms with van der Waals surface area (Å²) in [5, 5.41) is 1.15. The highest BCUT2D eigenvalue weighted by Gasteiger charge is 2.47. The molecule has 1 rings (SSSR count). The smallest absolute Gasteiger partial charge is 0.277 e. The summed E-state index contributed by atoms with van der Waals surface area (Å²) in [7, 11) is 2.60. The molecule has 0 saturated carbocycles. The van der Waals surface area contributed by atoms with Crippen molar-refractivity contribution in [3.8, 4) is 0 Å². The molecule has 0 aromatic carbocycles. The summed E-state index contributed by atoms with van der Waals surface area (Å²) in [5.74, 6) is -1.11. The van der Waals surface area contributed by atoms with Gasteiger partial charge in [-0.3, -0.25) is 9.63 Å². The van der Waals surface area contributed by atoms with Crippen molar-refractivity contribution in [2.75, 3.05) is 27.9 Å². The fraction of sp³-hybridized carbons (Fsp3) is 0.941. The molecule has 148 valence electrons. The van der Waals surface area contributed by atoms with E-state index in [0.717, 1.165) is 23.2 Å². The van der Waals surface area contributed by atoms with Crippen molar-refractivity contribution >= 4 is 14.2 Å². The maximum absolute atomic E-state index is 12.6. The molecule has 8 heteroatoms. The van der Waals surface area contributed by atoms with E-state index >= 15 is 0 Å². The number of amides is 1. The Labute approximate surface area is 153 Å². The summed E-state index contributed by atoms with van der Waals surface area (Å²) < 4.78 is 24.0. The van der Waals surface area contributed by atoms with E-state index in [0.29, 0.717) is 6.61 Å². The first-order valence-electron chi connectivity index (χ1n) is 9.03. The van der Waals surface area contributed by atoms with Crippen LogP contribution in [-0.2, 0) is 28.3 Å². The zero-order chi connectivity index (χ0) is 19.3. The Bertz CT molecular complexity index is 421. The number of hydroxylamine groups is 2. The molecule has 0 aliphatic carbocycles. The standard InChI is InChI=1S/C17H35NO6Si/c1-9-25(10-2,11-3)24-13-12-22-17(4,5)23-14(13)15(20-7)16(19)18(6)21-8/h13-15H,9-12H2,1-8H3/t13-,14+,15-/m1/s1. The van der Waals surface area contributed by atoms with Gasteiger partial charge in [0.25, 0.3) is 5.91 Å². The van der Waals surface area contributed by atoms with Gasteiger partial charge < -0.3 is 18.6 Å². The SMILES string of the molecule is CC[Si](CC)(CC)O[C@@H]1COC(C)(C)O[C@@H]1[C@@H](OC)C(=O)N(C)OC.